The molecule has 44 heavy (non-hydrogen) atoms. The van der Waals surface area contributed by atoms with Crippen LogP contribution in [-0.4, -0.2) is 29.3 Å². The van der Waals surface area contributed by atoms with Gasteiger partial charge in [-0.25, -0.2) is 9.18 Å². The van der Waals surface area contributed by atoms with E-state index in [-0.39, 0.29) is 29.8 Å². The molecule has 0 saturated heterocycles. The molecular weight excluding hydrogens is 557 g/mol. The first-order valence-electron chi connectivity index (χ1n) is 14.4. The number of hydrogen-bond donors (Lipinski definition) is 2. The lowest BCUT2D eigenvalue weighted by Crippen LogP contribution is -2.27. The number of ketones is 1. The first-order chi connectivity index (χ1) is 21.1. The number of hydrogen-bond acceptors (Lipinski definition) is 4. The third kappa shape index (κ3) is 6.52. The van der Waals surface area contributed by atoms with Crippen LogP contribution in [0.3, 0.4) is 0 Å². The SMILES string of the molecule is CCC(=O)c1c(-c2ccc(F)cc2)oc2ccc(-c3ccc(-c4cccc(/C=C/C(=O)O)c4)c(C(=O)NCC(C)C)c3)cc12. The van der Waals surface area contributed by atoms with Crippen molar-refractivity contribution in [1.29, 1.82) is 0 Å². The van der Waals surface area contributed by atoms with Gasteiger partial charge in [-0.1, -0.05) is 57.2 Å². The van der Waals surface area contributed by atoms with Crippen molar-refractivity contribution in [3.63, 3.8) is 0 Å². The van der Waals surface area contributed by atoms with Crippen molar-refractivity contribution in [1.82, 2.24) is 5.32 Å². The summed E-state index contributed by atoms with van der Waals surface area (Å²) >= 11 is 0. The van der Waals surface area contributed by atoms with Crippen LogP contribution >= 0.6 is 0 Å². The lowest BCUT2D eigenvalue weighted by molar-refractivity contribution is -0.131. The van der Waals surface area contributed by atoms with Crippen molar-refractivity contribution < 1.29 is 28.3 Å². The highest BCUT2D eigenvalue weighted by Crippen LogP contribution is 2.38. The molecule has 0 aliphatic rings. The summed E-state index contributed by atoms with van der Waals surface area (Å²) in [5.41, 5.74) is 5.76. The van der Waals surface area contributed by atoms with E-state index < -0.39 is 5.97 Å². The predicted molar refractivity (Wildman–Crippen MR) is 171 cm³/mol. The molecule has 0 saturated carbocycles. The molecule has 0 atom stereocenters. The van der Waals surface area contributed by atoms with Crippen molar-refractivity contribution in [2.24, 2.45) is 5.92 Å². The molecule has 0 aliphatic heterocycles. The Balaban J connectivity index is 1.63. The number of rotatable bonds is 10. The number of nitrogens with one attached hydrogen (secondary N) is 1. The minimum Gasteiger partial charge on any atom is -0.478 e. The lowest BCUT2D eigenvalue weighted by Gasteiger charge is -2.14. The molecule has 5 aromatic rings. The van der Waals surface area contributed by atoms with Gasteiger partial charge in [-0.05, 0) is 88.3 Å². The average Bonchev–Trinajstić information content (AvgIpc) is 3.41. The molecule has 0 aliphatic carbocycles. The number of aliphatic carboxylic acids is 1. The maximum atomic E-state index is 13.6. The van der Waals surface area contributed by atoms with E-state index in [4.69, 9.17) is 9.52 Å². The molecule has 1 aromatic heterocycles. The molecule has 2 N–H and O–H groups in total. The number of fused-ring (bicyclic) bond motifs is 1. The van der Waals surface area contributed by atoms with Crippen molar-refractivity contribution >= 4 is 34.7 Å². The molecule has 5 rings (SSSR count). The number of furan rings is 1. The molecule has 0 unspecified atom stereocenters. The number of halogens is 1. The van der Waals surface area contributed by atoms with Gasteiger partial charge >= 0.3 is 5.97 Å². The van der Waals surface area contributed by atoms with Crippen molar-refractivity contribution in [3.05, 3.63) is 114 Å². The molecular formula is C37H32FNO5. The second kappa shape index (κ2) is 12.9. The highest BCUT2D eigenvalue weighted by Gasteiger charge is 2.22. The molecule has 0 spiro atoms. The first kappa shape index (κ1) is 30.2. The van der Waals surface area contributed by atoms with Crippen LogP contribution in [0.5, 0.6) is 0 Å². The topological polar surface area (TPSA) is 96.6 Å². The summed E-state index contributed by atoms with van der Waals surface area (Å²) in [6.07, 6.45) is 2.85. The van der Waals surface area contributed by atoms with Gasteiger partial charge in [0.25, 0.3) is 5.91 Å². The summed E-state index contributed by atoms with van der Waals surface area (Å²) in [4.78, 5) is 37.7. The summed E-state index contributed by atoms with van der Waals surface area (Å²) in [6, 6.07) is 24.4. The van der Waals surface area contributed by atoms with Crippen molar-refractivity contribution in [2.45, 2.75) is 27.2 Å². The molecule has 0 radical (unpaired) electrons. The van der Waals surface area contributed by atoms with Gasteiger partial charge in [0.2, 0.25) is 0 Å². The van der Waals surface area contributed by atoms with Crippen LogP contribution in [0.25, 0.3) is 50.6 Å². The Morgan fingerprint density at radius 3 is 2.30 bits per heavy atom. The van der Waals surface area contributed by atoms with Gasteiger partial charge in [0.1, 0.15) is 17.2 Å². The van der Waals surface area contributed by atoms with Crippen LogP contribution in [0.1, 0.15) is 53.5 Å². The number of carbonyl (C=O) groups excluding carboxylic acids is 2. The molecule has 6 nitrogen and oxygen atoms in total. The number of amides is 1. The maximum absolute atomic E-state index is 13.6. The molecule has 1 heterocycles. The third-order valence-corrected chi connectivity index (χ3v) is 7.28. The fourth-order valence-electron chi connectivity index (χ4n) is 5.07. The Labute approximate surface area is 254 Å². The zero-order valence-corrected chi connectivity index (χ0v) is 24.7. The highest BCUT2D eigenvalue weighted by molar-refractivity contribution is 6.13. The smallest absolute Gasteiger partial charge is 0.328 e. The van der Waals surface area contributed by atoms with E-state index in [0.29, 0.717) is 51.1 Å². The Bertz CT molecular complexity index is 1900. The van der Waals surface area contributed by atoms with E-state index >= 15 is 0 Å². The quantitative estimate of drug-likeness (QED) is 0.126. The van der Waals surface area contributed by atoms with E-state index in [2.05, 4.69) is 5.32 Å². The monoisotopic (exact) mass is 589 g/mol. The summed E-state index contributed by atoms with van der Waals surface area (Å²) in [5, 5.41) is 12.7. The molecule has 0 fully saturated rings. The molecule has 7 heteroatoms. The molecule has 222 valence electrons. The van der Waals surface area contributed by atoms with Gasteiger partial charge in [0.15, 0.2) is 5.78 Å². The number of carboxylic acid groups (broad SMARTS) is 1. The van der Waals surface area contributed by atoms with Crippen LogP contribution in [-0.2, 0) is 4.79 Å². The zero-order valence-electron chi connectivity index (χ0n) is 24.7. The second-order valence-electron chi connectivity index (χ2n) is 11.0. The highest BCUT2D eigenvalue weighted by atomic mass is 19.1. The van der Waals surface area contributed by atoms with Gasteiger partial charge < -0.3 is 14.8 Å². The van der Waals surface area contributed by atoms with Crippen LogP contribution in [0.2, 0.25) is 0 Å². The Morgan fingerprint density at radius 2 is 1.59 bits per heavy atom. The van der Waals surface area contributed by atoms with Gasteiger partial charge in [-0.2, -0.15) is 0 Å². The fraction of sp³-hybridized carbons (Fsp3) is 0.162. The summed E-state index contributed by atoms with van der Waals surface area (Å²) in [7, 11) is 0. The van der Waals surface area contributed by atoms with Crippen LogP contribution in [0.4, 0.5) is 4.39 Å². The summed E-state index contributed by atoms with van der Waals surface area (Å²) in [5.74, 6) is -1.10. The fourth-order valence-corrected chi connectivity index (χ4v) is 5.07. The zero-order chi connectivity index (χ0) is 31.4. The van der Waals surface area contributed by atoms with E-state index in [9.17, 15) is 18.8 Å². The summed E-state index contributed by atoms with van der Waals surface area (Å²) < 4.78 is 19.7. The Kier molecular flexibility index (Phi) is 8.86. The Hall–Kier alpha value is -5.30. The second-order valence-corrected chi connectivity index (χ2v) is 11.0. The maximum Gasteiger partial charge on any atom is 0.328 e. The average molecular weight is 590 g/mol. The molecule has 0 bridgehead atoms. The van der Waals surface area contributed by atoms with E-state index in [1.54, 1.807) is 31.2 Å². The van der Waals surface area contributed by atoms with Crippen molar-refractivity contribution in [3.8, 4) is 33.6 Å². The molecule has 1 amide bonds. The van der Waals surface area contributed by atoms with Gasteiger partial charge in [0, 0.05) is 35.6 Å². The van der Waals surface area contributed by atoms with Crippen LogP contribution in [0, 0.1) is 11.7 Å². The van der Waals surface area contributed by atoms with Gasteiger partial charge in [-0.15, -0.1) is 0 Å². The number of carboxylic acids is 1. The minimum absolute atomic E-state index is 0.0962. The van der Waals surface area contributed by atoms with Crippen LogP contribution < -0.4 is 5.32 Å². The Morgan fingerprint density at radius 1 is 0.886 bits per heavy atom. The standard InChI is InChI=1S/C37H32FNO5/c1-4-32(40)35-31-20-26(12-16-33(31)44-36(35)24-9-13-28(38)14-10-24)25-11-15-29(30(19-25)37(43)39-21-22(2)3)27-7-5-6-23(18-27)8-17-34(41)42/h5-20,22H,4,21H2,1-3H3,(H,39,43)(H,41,42)/b17-8+. The normalized spacial score (nSPS) is 11.4. The molecule has 4 aromatic carbocycles. The minimum atomic E-state index is -1.04. The summed E-state index contributed by atoms with van der Waals surface area (Å²) in [6.45, 7) is 6.32. The van der Waals surface area contributed by atoms with Gasteiger partial charge in [-0.3, -0.25) is 9.59 Å². The van der Waals surface area contributed by atoms with E-state index in [1.165, 1.54) is 18.2 Å². The van der Waals surface area contributed by atoms with E-state index in [0.717, 1.165) is 22.8 Å². The van der Waals surface area contributed by atoms with Gasteiger partial charge in [0.05, 0.1) is 5.56 Å². The van der Waals surface area contributed by atoms with E-state index in [1.807, 2.05) is 62.4 Å². The number of carbonyl (C=O) groups is 3. The number of benzene rings is 4. The number of Topliss-reactive ketones (excluding diaryl/α,β-unsaturated/α-hetero) is 1. The first-order valence-corrected chi connectivity index (χ1v) is 14.4. The lowest BCUT2D eigenvalue weighted by atomic mass is 9.92. The van der Waals surface area contributed by atoms with Crippen molar-refractivity contribution in [2.75, 3.05) is 6.54 Å². The van der Waals surface area contributed by atoms with Crippen LogP contribution in [0.15, 0.2) is 95.4 Å². The predicted octanol–water partition coefficient (Wildman–Crippen LogP) is 8.65. The largest absolute Gasteiger partial charge is 0.478 e. The third-order valence-electron chi connectivity index (χ3n) is 7.28.